The highest BCUT2D eigenvalue weighted by atomic mass is 16.5. The predicted molar refractivity (Wildman–Crippen MR) is 90.1 cm³/mol. The van der Waals surface area contributed by atoms with E-state index < -0.39 is 0 Å². The highest BCUT2D eigenvalue weighted by molar-refractivity contribution is 5.65. The largest absolute Gasteiger partial charge is 0.391 e. The van der Waals surface area contributed by atoms with Gasteiger partial charge in [0, 0.05) is 36.5 Å². The van der Waals surface area contributed by atoms with Crippen molar-refractivity contribution in [3.8, 4) is 11.4 Å². The first-order chi connectivity index (χ1) is 11.5. The first-order valence-electron chi connectivity index (χ1n) is 8.26. The number of rotatable bonds is 2. The molecule has 3 aromatic heterocycles. The summed E-state index contributed by atoms with van der Waals surface area (Å²) in [4.78, 5) is 6.86. The van der Waals surface area contributed by atoms with Gasteiger partial charge >= 0.3 is 0 Å². The van der Waals surface area contributed by atoms with E-state index in [1.54, 1.807) is 0 Å². The molecule has 4 heterocycles. The van der Waals surface area contributed by atoms with Gasteiger partial charge in [-0.25, -0.2) is 4.98 Å². The van der Waals surface area contributed by atoms with E-state index in [0.717, 1.165) is 53.6 Å². The van der Waals surface area contributed by atoms with Crippen molar-refractivity contribution in [2.24, 2.45) is 0 Å². The van der Waals surface area contributed by atoms with Crippen molar-refractivity contribution in [2.75, 3.05) is 18.0 Å². The van der Waals surface area contributed by atoms with Crippen molar-refractivity contribution in [2.45, 2.75) is 39.7 Å². The summed E-state index contributed by atoms with van der Waals surface area (Å²) in [6, 6.07) is 3.79. The third-order valence-corrected chi connectivity index (χ3v) is 4.64. The topological polar surface area (TPSA) is 79.7 Å². The molecule has 1 atom stereocenters. The summed E-state index contributed by atoms with van der Waals surface area (Å²) in [7, 11) is 0. The summed E-state index contributed by atoms with van der Waals surface area (Å²) in [5.74, 6) is 1.75. The van der Waals surface area contributed by atoms with Crippen LogP contribution in [0, 0.1) is 20.8 Å². The molecule has 1 aliphatic rings. The minimum atomic E-state index is -0.296. The van der Waals surface area contributed by atoms with Gasteiger partial charge in [0.05, 0.1) is 6.10 Å². The van der Waals surface area contributed by atoms with Crippen LogP contribution in [0.5, 0.6) is 0 Å². The molecule has 0 radical (unpaired) electrons. The highest BCUT2D eigenvalue weighted by Gasteiger charge is 2.24. The molecule has 0 saturated carbocycles. The maximum atomic E-state index is 10.0. The van der Waals surface area contributed by atoms with Crippen LogP contribution in [0.15, 0.2) is 16.7 Å². The number of hydrogen-bond donors (Lipinski definition) is 1. The SMILES string of the molecule is Cc1cc(-c2cc3nc(C)c(C)c(N4CCC[C@H](O)C4)n3n2)no1. The molecule has 7 nitrogen and oxygen atoms in total. The first-order valence-corrected chi connectivity index (χ1v) is 8.26. The maximum absolute atomic E-state index is 10.0. The zero-order chi connectivity index (χ0) is 16.8. The fourth-order valence-electron chi connectivity index (χ4n) is 3.31. The Morgan fingerprint density at radius 3 is 2.75 bits per heavy atom. The van der Waals surface area contributed by atoms with Crippen LogP contribution in [0.1, 0.15) is 29.9 Å². The molecule has 0 unspecified atom stereocenters. The second-order valence-electron chi connectivity index (χ2n) is 6.51. The van der Waals surface area contributed by atoms with Gasteiger partial charge in [0.2, 0.25) is 0 Å². The Balaban J connectivity index is 1.87. The smallest absolute Gasteiger partial charge is 0.158 e. The second-order valence-corrected chi connectivity index (χ2v) is 6.51. The molecule has 1 saturated heterocycles. The Morgan fingerprint density at radius 2 is 2.04 bits per heavy atom. The quantitative estimate of drug-likeness (QED) is 0.778. The average molecular weight is 327 g/mol. The Kier molecular flexibility index (Phi) is 3.53. The Hall–Kier alpha value is -2.41. The van der Waals surface area contributed by atoms with Gasteiger partial charge in [-0.2, -0.15) is 9.61 Å². The zero-order valence-electron chi connectivity index (χ0n) is 14.2. The van der Waals surface area contributed by atoms with Gasteiger partial charge in [0.1, 0.15) is 23.0 Å². The van der Waals surface area contributed by atoms with Crippen molar-refractivity contribution in [1.82, 2.24) is 19.8 Å². The zero-order valence-corrected chi connectivity index (χ0v) is 14.2. The van der Waals surface area contributed by atoms with Crippen molar-refractivity contribution >= 4 is 11.5 Å². The minimum absolute atomic E-state index is 0.296. The van der Waals surface area contributed by atoms with Crippen LogP contribution in [0.4, 0.5) is 5.82 Å². The van der Waals surface area contributed by atoms with Gasteiger partial charge < -0.3 is 14.5 Å². The van der Waals surface area contributed by atoms with Crippen molar-refractivity contribution < 1.29 is 9.63 Å². The Labute approximate surface area is 139 Å². The molecule has 126 valence electrons. The molecule has 7 heteroatoms. The van der Waals surface area contributed by atoms with E-state index in [9.17, 15) is 5.11 Å². The van der Waals surface area contributed by atoms with Crippen molar-refractivity contribution in [3.63, 3.8) is 0 Å². The Bertz CT molecular complexity index is 898. The summed E-state index contributed by atoms with van der Waals surface area (Å²) in [5.41, 5.74) is 4.29. The number of aryl methyl sites for hydroxylation is 2. The summed E-state index contributed by atoms with van der Waals surface area (Å²) >= 11 is 0. The van der Waals surface area contributed by atoms with Crippen LogP contribution in [-0.2, 0) is 0 Å². The number of piperidine rings is 1. The van der Waals surface area contributed by atoms with E-state index in [0.29, 0.717) is 12.2 Å². The van der Waals surface area contributed by atoms with Gasteiger partial charge in [0.25, 0.3) is 0 Å². The predicted octanol–water partition coefficient (Wildman–Crippen LogP) is 2.27. The van der Waals surface area contributed by atoms with E-state index in [4.69, 9.17) is 9.62 Å². The van der Waals surface area contributed by atoms with Crippen LogP contribution in [0.25, 0.3) is 17.0 Å². The fourth-order valence-corrected chi connectivity index (χ4v) is 3.31. The average Bonchev–Trinajstić information content (AvgIpc) is 3.14. The molecule has 0 aliphatic carbocycles. The monoisotopic (exact) mass is 327 g/mol. The number of aliphatic hydroxyl groups is 1. The van der Waals surface area contributed by atoms with Gasteiger partial charge in [-0.05, 0) is 33.6 Å². The summed E-state index contributed by atoms with van der Waals surface area (Å²) in [6.07, 6.45) is 1.53. The van der Waals surface area contributed by atoms with Crippen LogP contribution in [0.2, 0.25) is 0 Å². The lowest BCUT2D eigenvalue weighted by Gasteiger charge is -2.33. The first kappa shape index (κ1) is 15.1. The number of anilines is 1. The van der Waals surface area contributed by atoms with Crippen LogP contribution >= 0.6 is 0 Å². The van der Waals surface area contributed by atoms with Gasteiger partial charge in [0.15, 0.2) is 5.65 Å². The molecule has 0 amide bonds. The lowest BCUT2D eigenvalue weighted by molar-refractivity contribution is 0.153. The number of aliphatic hydroxyl groups excluding tert-OH is 1. The molecule has 0 spiro atoms. The van der Waals surface area contributed by atoms with Gasteiger partial charge in [-0.1, -0.05) is 5.16 Å². The molecule has 4 rings (SSSR count). The van der Waals surface area contributed by atoms with Crippen molar-refractivity contribution in [3.05, 3.63) is 29.2 Å². The van der Waals surface area contributed by atoms with Gasteiger partial charge in [-0.15, -0.1) is 0 Å². The van der Waals surface area contributed by atoms with E-state index in [1.165, 1.54) is 0 Å². The van der Waals surface area contributed by atoms with Crippen LogP contribution < -0.4 is 4.90 Å². The summed E-state index contributed by atoms with van der Waals surface area (Å²) in [5, 5.41) is 18.8. The molecular weight excluding hydrogens is 306 g/mol. The van der Waals surface area contributed by atoms with Gasteiger partial charge in [-0.3, -0.25) is 0 Å². The van der Waals surface area contributed by atoms with Crippen LogP contribution in [0.3, 0.4) is 0 Å². The molecule has 1 fully saturated rings. The lowest BCUT2D eigenvalue weighted by atomic mass is 10.1. The number of hydrogen-bond acceptors (Lipinski definition) is 6. The normalized spacial score (nSPS) is 18.5. The van der Waals surface area contributed by atoms with E-state index in [-0.39, 0.29) is 6.10 Å². The number of β-amino-alcohol motifs (C(OH)–C–C–N with tert-alkyl or cyclic N) is 1. The highest BCUT2D eigenvalue weighted by Crippen LogP contribution is 2.28. The lowest BCUT2D eigenvalue weighted by Crippen LogP contribution is -2.40. The minimum Gasteiger partial charge on any atom is -0.391 e. The van der Waals surface area contributed by atoms with Crippen LogP contribution in [-0.4, -0.2) is 44.1 Å². The number of aromatic nitrogens is 4. The maximum Gasteiger partial charge on any atom is 0.158 e. The molecule has 24 heavy (non-hydrogen) atoms. The molecule has 1 aliphatic heterocycles. The third kappa shape index (κ3) is 2.45. The molecule has 3 aromatic rings. The molecule has 0 bridgehead atoms. The third-order valence-electron chi connectivity index (χ3n) is 4.64. The van der Waals surface area contributed by atoms with E-state index in [1.807, 2.05) is 30.5 Å². The fraction of sp³-hybridized carbons (Fsp3) is 0.471. The molecule has 0 aromatic carbocycles. The number of nitrogens with zero attached hydrogens (tertiary/aromatic N) is 5. The summed E-state index contributed by atoms with van der Waals surface area (Å²) in [6.45, 7) is 7.46. The Morgan fingerprint density at radius 1 is 1.21 bits per heavy atom. The number of fused-ring (bicyclic) bond motifs is 1. The standard InChI is InChI=1S/C17H21N5O2/c1-10-7-15(20-24-10)14-8-16-18-12(3)11(2)17(22(16)19-14)21-6-4-5-13(23)9-21/h7-8,13,23H,4-6,9H2,1-3H3/t13-/m0/s1. The van der Waals surface area contributed by atoms with E-state index in [2.05, 4.69) is 22.0 Å². The molecular formula is C17H21N5O2. The molecule has 1 N–H and O–H groups in total. The van der Waals surface area contributed by atoms with Crippen molar-refractivity contribution in [1.29, 1.82) is 0 Å². The summed E-state index contributed by atoms with van der Waals surface area (Å²) < 4.78 is 7.02. The second kappa shape index (κ2) is 5.59. The van der Waals surface area contributed by atoms with E-state index >= 15 is 0 Å².